The van der Waals surface area contributed by atoms with Crippen LogP contribution >= 0.6 is 22.9 Å². The number of hydrogen-bond acceptors (Lipinski definition) is 5. The summed E-state index contributed by atoms with van der Waals surface area (Å²) in [7, 11) is 1.64. The van der Waals surface area contributed by atoms with Gasteiger partial charge in [-0.3, -0.25) is 9.69 Å². The third-order valence-electron chi connectivity index (χ3n) is 5.25. The topological polar surface area (TPSA) is 45.7 Å². The minimum absolute atomic E-state index is 0.122. The molecule has 0 atom stereocenters. The number of aromatic nitrogens is 1. The zero-order valence-electron chi connectivity index (χ0n) is 18.4. The molecule has 0 radical (unpaired) electrons. The van der Waals surface area contributed by atoms with E-state index in [0.717, 1.165) is 41.0 Å². The van der Waals surface area contributed by atoms with E-state index in [4.69, 9.17) is 21.3 Å². The number of carbonyl (C=O) groups excluding carboxylic acids is 1. The second-order valence-electron chi connectivity index (χ2n) is 7.13. The van der Waals surface area contributed by atoms with Crippen molar-refractivity contribution in [2.45, 2.75) is 20.8 Å². The van der Waals surface area contributed by atoms with E-state index in [0.29, 0.717) is 22.4 Å². The Labute approximate surface area is 192 Å². The number of thiazole rings is 1. The standard InChI is InChI=1S/C24H28ClN3O2S/c1-5-27(6-2)15-16-28(21(29)14-12-18-9-7-8-10-19(18)25)24-26-22-20(30-4)13-11-17(3)23(22)31-24/h7-14H,5-6,15-16H2,1-4H3. The Hall–Kier alpha value is -2.41. The number of likely N-dealkylation sites (N-methyl/N-ethyl adjacent to an activating group) is 1. The molecule has 1 amide bonds. The Bertz CT molecular complexity index is 1080. The van der Waals surface area contributed by atoms with Crippen molar-refractivity contribution >= 4 is 50.3 Å². The number of ether oxygens (including phenoxy) is 1. The molecule has 164 valence electrons. The summed E-state index contributed by atoms with van der Waals surface area (Å²) in [6, 6.07) is 11.4. The fourth-order valence-corrected chi connectivity index (χ4v) is 4.60. The van der Waals surface area contributed by atoms with Crippen molar-refractivity contribution in [1.29, 1.82) is 0 Å². The monoisotopic (exact) mass is 457 g/mol. The van der Waals surface area contributed by atoms with Gasteiger partial charge in [-0.15, -0.1) is 0 Å². The predicted octanol–water partition coefficient (Wildman–Crippen LogP) is 5.65. The molecule has 0 aliphatic rings. The molecule has 5 nitrogen and oxygen atoms in total. The van der Waals surface area contributed by atoms with Gasteiger partial charge in [-0.2, -0.15) is 0 Å². The fraction of sp³-hybridized carbons (Fsp3) is 0.333. The first-order valence-electron chi connectivity index (χ1n) is 10.4. The van der Waals surface area contributed by atoms with E-state index in [9.17, 15) is 4.79 Å². The predicted molar refractivity (Wildman–Crippen MR) is 132 cm³/mol. The van der Waals surface area contributed by atoms with E-state index in [1.165, 1.54) is 11.3 Å². The first kappa shape index (κ1) is 23.3. The molecule has 0 unspecified atom stereocenters. The van der Waals surface area contributed by atoms with Crippen LogP contribution in [0.15, 0.2) is 42.5 Å². The largest absolute Gasteiger partial charge is 0.494 e. The minimum atomic E-state index is -0.122. The van der Waals surface area contributed by atoms with Gasteiger partial charge in [0.05, 0.1) is 11.8 Å². The van der Waals surface area contributed by atoms with Crippen molar-refractivity contribution in [3.63, 3.8) is 0 Å². The molecule has 0 aliphatic carbocycles. The molecule has 0 saturated carbocycles. The van der Waals surface area contributed by atoms with E-state index in [-0.39, 0.29) is 5.91 Å². The number of fused-ring (bicyclic) bond motifs is 1. The van der Waals surface area contributed by atoms with E-state index in [2.05, 4.69) is 18.7 Å². The Morgan fingerprint density at radius 3 is 2.58 bits per heavy atom. The molecule has 2 aromatic carbocycles. The van der Waals surface area contributed by atoms with E-state index in [1.807, 2.05) is 43.3 Å². The van der Waals surface area contributed by atoms with Crippen molar-refractivity contribution in [2.24, 2.45) is 0 Å². The highest BCUT2D eigenvalue weighted by Crippen LogP contribution is 2.36. The molecule has 0 spiro atoms. The Balaban J connectivity index is 1.96. The first-order chi connectivity index (χ1) is 15.0. The molecule has 31 heavy (non-hydrogen) atoms. The number of methoxy groups -OCH3 is 1. The van der Waals surface area contributed by atoms with Crippen LogP contribution in [0.1, 0.15) is 25.0 Å². The highest BCUT2D eigenvalue weighted by molar-refractivity contribution is 7.22. The first-order valence-corrected chi connectivity index (χ1v) is 11.6. The van der Waals surface area contributed by atoms with Crippen LogP contribution < -0.4 is 9.64 Å². The summed E-state index contributed by atoms with van der Waals surface area (Å²) in [5, 5.41) is 1.28. The van der Waals surface area contributed by atoms with Gasteiger partial charge in [0.15, 0.2) is 5.13 Å². The highest BCUT2D eigenvalue weighted by Gasteiger charge is 2.21. The molecule has 3 aromatic rings. The second kappa shape index (κ2) is 10.8. The van der Waals surface area contributed by atoms with Crippen molar-refractivity contribution in [1.82, 2.24) is 9.88 Å². The number of halogens is 1. The molecule has 0 fully saturated rings. The van der Waals surface area contributed by atoms with Crippen molar-refractivity contribution in [3.8, 4) is 5.75 Å². The Morgan fingerprint density at radius 2 is 1.90 bits per heavy atom. The summed E-state index contributed by atoms with van der Waals surface area (Å²) in [6.07, 6.45) is 3.33. The fourth-order valence-electron chi connectivity index (χ4n) is 3.32. The smallest absolute Gasteiger partial charge is 0.252 e. The number of amides is 1. The van der Waals surface area contributed by atoms with Gasteiger partial charge in [-0.25, -0.2) is 4.98 Å². The molecule has 0 N–H and O–H groups in total. The lowest BCUT2D eigenvalue weighted by Gasteiger charge is -2.23. The number of hydrogen-bond donors (Lipinski definition) is 0. The number of aryl methyl sites for hydroxylation is 1. The molecule has 1 aromatic heterocycles. The van der Waals surface area contributed by atoms with Crippen LogP contribution in [0.4, 0.5) is 5.13 Å². The maximum atomic E-state index is 13.2. The Morgan fingerprint density at radius 1 is 1.16 bits per heavy atom. The van der Waals surface area contributed by atoms with Gasteiger partial charge < -0.3 is 9.64 Å². The van der Waals surface area contributed by atoms with Crippen molar-refractivity contribution < 1.29 is 9.53 Å². The summed E-state index contributed by atoms with van der Waals surface area (Å²) in [5.74, 6) is 0.591. The zero-order valence-corrected chi connectivity index (χ0v) is 20.0. The summed E-state index contributed by atoms with van der Waals surface area (Å²) in [5.41, 5.74) is 2.71. The maximum absolute atomic E-state index is 13.2. The van der Waals surface area contributed by atoms with Gasteiger partial charge >= 0.3 is 0 Å². The van der Waals surface area contributed by atoms with Crippen LogP contribution in [0.3, 0.4) is 0 Å². The highest BCUT2D eigenvalue weighted by atomic mass is 35.5. The zero-order chi connectivity index (χ0) is 22.4. The average molecular weight is 458 g/mol. The molecule has 7 heteroatoms. The summed E-state index contributed by atoms with van der Waals surface area (Å²) < 4.78 is 6.52. The number of nitrogens with zero attached hydrogens (tertiary/aromatic N) is 3. The molecule has 1 heterocycles. The van der Waals surface area contributed by atoms with Crippen LogP contribution in [0.25, 0.3) is 16.3 Å². The van der Waals surface area contributed by atoms with E-state index < -0.39 is 0 Å². The number of benzene rings is 2. The lowest BCUT2D eigenvalue weighted by Crippen LogP contribution is -2.38. The number of anilines is 1. The number of rotatable bonds is 9. The van der Waals surface area contributed by atoms with Gasteiger partial charge in [0.25, 0.3) is 5.91 Å². The molecular formula is C24H28ClN3O2S. The van der Waals surface area contributed by atoms with Crippen LogP contribution in [0, 0.1) is 6.92 Å². The summed E-state index contributed by atoms with van der Waals surface area (Å²) in [6.45, 7) is 9.47. The Kier molecular flexibility index (Phi) is 8.07. The lowest BCUT2D eigenvalue weighted by atomic mass is 10.2. The molecular weight excluding hydrogens is 430 g/mol. The molecule has 3 rings (SSSR count). The van der Waals surface area contributed by atoms with Gasteiger partial charge in [-0.05, 0) is 49.3 Å². The van der Waals surface area contributed by atoms with Crippen molar-refractivity contribution in [2.75, 3.05) is 38.2 Å². The molecule has 0 saturated heterocycles. The second-order valence-corrected chi connectivity index (χ2v) is 8.52. The summed E-state index contributed by atoms with van der Waals surface area (Å²) >= 11 is 7.76. The summed E-state index contributed by atoms with van der Waals surface area (Å²) in [4.78, 5) is 22.1. The minimum Gasteiger partial charge on any atom is -0.494 e. The van der Waals surface area contributed by atoms with Crippen LogP contribution in [-0.2, 0) is 4.79 Å². The van der Waals surface area contributed by atoms with Crippen LogP contribution in [-0.4, -0.2) is 49.1 Å². The van der Waals surface area contributed by atoms with Gasteiger partial charge in [0.1, 0.15) is 11.3 Å². The van der Waals surface area contributed by atoms with Gasteiger partial charge in [0, 0.05) is 24.2 Å². The van der Waals surface area contributed by atoms with Crippen molar-refractivity contribution in [3.05, 3.63) is 58.6 Å². The molecule has 0 aliphatic heterocycles. The third-order valence-corrected chi connectivity index (χ3v) is 6.81. The van der Waals surface area contributed by atoms with Gasteiger partial charge in [-0.1, -0.05) is 61.1 Å². The maximum Gasteiger partial charge on any atom is 0.252 e. The quantitative estimate of drug-likeness (QED) is 0.389. The third kappa shape index (κ3) is 5.45. The normalized spacial score (nSPS) is 11.5. The average Bonchev–Trinajstić information content (AvgIpc) is 3.22. The van der Waals surface area contributed by atoms with E-state index in [1.54, 1.807) is 24.2 Å². The SMILES string of the molecule is CCN(CC)CCN(C(=O)C=Cc1ccccc1Cl)c1nc2c(OC)ccc(C)c2s1. The number of carbonyl (C=O) groups is 1. The van der Waals surface area contributed by atoms with Crippen LogP contribution in [0.5, 0.6) is 5.75 Å². The molecule has 0 bridgehead atoms. The van der Waals surface area contributed by atoms with Gasteiger partial charge in [0.2, 0.25) is 0 Å². The lowest BCUT2D eigenvalue weighted by molar-refractivity contribution is -0.114. The van der Waals surface area contributed by atoms with Crippen LogP contribution in [0.2, 0.25) is 5.02 Å². The van der Waals surface area contributed by atoms with E-state index >= 15 is 0 Å².